The fourth-order valence-corrected chi connectivity index (χ4v) is 3.42. The summed E-state index contributed by atoms with van der Waals surface area (Å²) in [5.74, 6) is 1.76. The molecule has 6 heteroatoms. The molecule has 0 aliphatic heterocycles. The number of hydrogen-bond acceptors (Lipinski definition) is 4. The molecule has 0 bridgehead atoms. The van der Waals surface area contributed by atoms with E-state index in [9.17, 15) is 0 Å². The molecule has 1 N–H and O–H groups in total. The Bertz CT molecular complexity index is 549. The predicted molar refractivity (Wildman–Crippen MR) is 91.1 cm³/mol. The Morgan fingerprint density at radius 3 is 2.67 bits per heavy atom. The molecule has 1 aromatic heterocycles. The largest absolute Gasteiger partial charge is 0.493 e. The van der Waals surface area contributed by atoms with Crippen LogP contribution >= 0.6 is 27.7 Å². The van der Waals surface area contributed by atoms with Crippen LogP contribution in [0.2, 0.25) is 0 Å². The van der Waals surface area contributed by atoms with Crippen molar-refractivity contribution in [1.82, 2.24) is 15.1 Å². The van der Waals surface area contributed by atoms with Gasteiger partial charge >= 0.3 is 0 Å². The molecule has 1 atom stereocenters. The van der Waals surface area contributed by atoms with Gasteiger partial charge in [-0.15, -0.1) is 11.8 Å². The lowest BCUT2D eigenvalue weighted by Gasteiger charge is -2.18. The maximum absolute atomic E-state index is 5.44. The fraction of sp³-hybridized carbons (Fsp3) is 0.400. The first-order valence-corrected chi connectivity index (χ1v) is 8.62. The molecular formula is C15H20BrN3OS. The smallest absolute Gasteiger partial charge is 0.161 e. The monoisotopic (exact) mass is 369 g/mol. The van der Waals surface area contributed by atoms with Crippen LogP contribution in [0, 0.1) is 0 Å². The summed E-state index contributed by atoms with van der Waals surface area (Å²) in [5, 5.41) is 7.74. The van der Waals surface area contributed by atoms with Gasteiger partial charge in [0.05, 0.1) is 25.0 Å². The molecule has 1 heterocycles. The van der Waals surface area contributed by atoms with Crippen LogP contribution in [0.5, 0.6) is 5.75 Å². The number of nitrogens with zero attached hydrogens (tertiary/aromatic N) is 2. The maximum atomic E-state index is 5.44. The molecule has 0 aliphatic rings. The van der Waals surface area contributed by atoms with Crippen LogP contribution in [0.1, 0.15) is 18.7 Å². The zero-order valence-electron chi connectivity index (χ0n) is 12.5. The third kappa shape index (κ3) is 4.02. The van der Waals surface area contributed by atoms with Gasteiger partial charge in [-0.1, -0.05) is 15.9 Å². The number of benzene rings is 1. The van der Waals surface area contributed by atoms with E-state index in [-0.39, 0.29) is 6.04 Å². The number of methoxy groups -OCH3 is 1. The van der Waals surface area contributed by atoms with Crippen molar-refractivity contribution in [2.75, 3.05) is 19.9 Å². The van der Waals surface area contributed by atoms with Gasteiger partial charge in [0.2, 0.25) is 0 Å². The first-order valence-electron chi connectivity index (χ1n) is 6.84. The molecule has 21 heavy (non-hydrogen) atoms. The van der Waals surface area contributed by atoms with E-state index in [0.29, 0.717) is 0 Å². The number of aromatic nitrogens is 2. The summed E-state index contributed by atoms with van der Waals surface area (Å²) >= 11 is 5.28. The summed E-state index contributed by atoms with van der Waals surface area (Å²) in [6, 6.07) is 8.56. The Hall–Kier alpha value is -0.980. The standard InChI is InChI=1S/C15H20BrN3OS/c1-4-19-15(14(20-3)9-18-19)13(17-2)10-21-12-7-5-11(16)6-8-12/h5-9,13,17H,4,10H2,1-3H3. The van der Waals surface area contributed by atoms with Crippen LogP contribution in [-0.4, -0.2) is 29.7 Å². The minimum atomic E-state index is 0.191. The summed E-state index contributed by atoms with van der Waals surface area (Å²) in [4.78, 5) is 1.25. The molecule has 0 radical (unpaired) electrons. The molecular weight excluding hydrogens is 350 g/mol. The van der Waals surface area contributed by atoms with Crippen LogP contribution in [0.3, 0.4) is 0 Å². The summed E-state index contributed by atoms with van der Waals surface area (Å²) in [5.41, 5.74) is 1.10. The van der Waals surface area contributed by atoms with Crippen LogP contribution in [0.25, 0.3) is 0 Å². The normalized spacial score (nSPS) is 12.4. The van der Waals surface area contributed by atoms with E-state index in [1.54, 1.807) is 13.3 Å². The highest BCUT2D eigenvalue weighted by atomic mass is 79.9. The van der Waals surface area contributed by atoms with E-state index >= 15 is 0 Å². The highest BCUT2D eigenvalue weighted by Crippen LogP contribution is 2.30. The number of nitrogens with one attached hydrogen (secondary N) is 1. The molecule has 0 fully saturated rings. The van der Waals surface area contributed by atoms with Gasteiger partial charge in [-0.3, -0.25) is 4.68 Å². The Balaban J connectivity index is 2.12. The van der Waals surface area contributed by atoms with E-state index in [2.05, 4.69) is 57.5 Å². The summed E-state index contributed by atoms with van der Waals surface area (Å²) in [6.45, 7) is 2.92. The van der Waals surface area contributed by atoms with Gasteiger partial charge in [-0.05, 0) is 38.2 Å². The van der Waals surface area contributed by atoms with Gasteiger partial charge in [-0.25, -0.2) is 0 Å². The molecule has 2 rings (SSSR count). The maximum Gasteiger partial charge on any atom is 0.161 e. The van der Waals surface area contributed by atoms with Gasteiger partial charge in [0, 0.05) is 21.7 Å². The predicted octanol–water partition coefficient (Wildman–Crippen LogP) is 3.73. The van der Waals surface area contributed by atoms with Gasteiger partial charge in [0.15, 0.2) is 5.75 Å². The van der Waals surface area contributed by atoms with Crippen molar-refractivity contribution in [3.05, 3.63) is 40.6 Å². The van der Waals surface area contributed by atoms with Gasteiger partial charge < -0.3 is 10.1 Å². The third-order valence-electron chi connectivity index (χ3n) is 3.27. The highest BCUT2D eigenvalue weighted by molar-refractivity contribution is 9.10. The van der Waals surface area contributed by atoms with Crippen molar-refractivity contribution < 1.29 is 4.74 Å². The van der Waals surface area contributed by atoms with Crippen molar-refractivity contribution in [2.45, 2.75) is 24.4 Å². The molecule has 1 unspecified atom stereocenters. The number of rotatable bonds is 7. The summed E-state index contributed by atoms with van der Waals surface area (Å²) < 4.78 is 8.53. The highest BCUT2D eigenvalue weighted by Gasteiger charge is 2.20. The van der Waals surface area contributed by atoms with Crippen molar-refractivity contribution in [3.63, 3.8) is 0 Å². The zero-order chi connectivity index (χ0) is 15.2. The molecule has 114 valence electrons. The Morgan fingerprint density at radius 1 is 1.38 bits per heavy atom. The van der Waals surface area contributed by atoms with E-state index in [1.165, 1.54) is 4.90 Å². The number of halogens is 1. The third-order valence-corrected chi connectivity index (χ3v) is 4.91. The molecule has 1 aromatic carbocycles. The lowest BCUT2D eigenvalue weighted by Crippen LogP contribution is -2.23. The molecule has 0 spiro atoms. The molecule has 0 saturated heterocycles. The van der Waals surface area contributed by atoms with Crippen molar-refractivity contribution in [1.29, 1.82) is 0 Å². The fourth-order valence-electron chi connectivity index (χ4n) is 2.15. The lowest BCUT2D eigenvalue weighted by atomic mass is 10.2. The number of aryl methyl sites for hydroxylation is 1. The van der Waals surface area contributed by atoms with Crippen LogP contribution in [-0.2, 0) is 6.54 Å². The summed E-state index contributed by atoms with van der Waals surface area (Å²) in [6.07, 6.45) is 1.79. The number of thioether (sulfide) groups is 1. The molecule has 2 aromatic rings. The van der Waals surface area contributed by atoms with Crippen LogP contribution in [0.15, 0.2) is 39.8 Å². The average molecular weight is 370 g/mol. The van der Waals surface area contributed by atoms with Crippen molar-refractivity contribution >= 4 is 27.7 Å². The van der Waals surface area contributed by atoms with Gasteiger partial charge in [0.25, 0.3) is 0 Å². The second-order valence-electron chi connectivity index (χ2n) is 4.52. The zero-order valence-corrected chi connectivity index (χ0v) is 14.9. The Labute approximate surface area is 138 Å². The van der Waals surface area contributed by atoms with Crippen molar-refractivity contribution in [2.24, 2.45) is 0 Å². The number of hydrogen-bond donors (Lipinski definition) is 1. The first kappa shape index (κ1) is 16.4. The van der Waals surface area contributed by atoms with E-state index < -0.39 is 0 Å². The average Bonchev–Trinajstić information content (AvgIpc) is 2.93. The molecule has 0 amide bonds. The van der Waals surface area contributed by atoms with E-state index in [1.807, 2.05) is 23.5 Å². The van der Waals surface area contributed by atoms with Crippen molar-refractivity contribution in [3.8, 4) is 5.75 Å². The second kappa shape index (κ2) is 7.87. The van der Waals surface area contributed by atoms with Crippen LogP contribution in [0.4, 0.5) is 0 Å². The minimum absolute atomic E-state index is 0.191. The quantitative estimate of drug-likeness (QED) is 0.754. The number of ether oxygens (including phenoxy) is 1. The lowest BCUT2D eigenvalue weighted by molar-refractivity contribution is 0.399. The Kier molecular flexibility index (Phi) is 6.14. The minimum Gasteiger partial charge on any atom is -0.493 e. The SMILES string of the molecule is CCn1ncc(OC)c1C(CSc1ccc(Br)cc1)NC. The second-order valence-corrected chi connectivity index (χ2v) is 6.53. The van der Waals surface area contributed by atoms with Gasteiger partial charge in [-0.2, -0.15) is 5.10 Å². The Morgan fingerprint density at radius 2 is 2.10 bits per heavy atom. The molecule has 0 saturated carbocycles. The van der Waals surface area contributed by atoms with Gasteiger partial charge in [0.1, 0.15) is 0 Å². The van der Waals surface area contributed by atoms with E-state index in [4.69, 9.17) is 4.74 Å². The summed E-state index contributed by atoms with van der Waals surface area (Å²) in [7, 11) is 3.66. The first-order chi connectivity index (χ1) is 10.2. The molecule has 4 nitrogen and oxygen atoms in total. The molecule has 0 aliphatic carbocycles. The topological polar surface area (TPSA) is 39.1 Å². The van der Waals surface area contributed by atoms with E-state index in [0.717, 1.165) is 28.2 Å². The van der Waals surface area contributed by atoms with Crippen LogP contribution < -0.4 is 10.1 Å².